The zero-order valence-corrected chi connectivity index (χ0v) is 12.9. The second-order valence-electron chi connectivity index (χ2n) is 5.49. The first kappa shape index (κ1) is 15.9. The van der Waals surface area contributed by atoms with E-state index < -0.39 is 0 Å². The lowest BCUT2D eigenvalue weighted by molar-refractivity contribution is -0.121. The van der Waals surface area contributed by atoms with Crippen molar-refractivity contribution in [2.75, 3.05) is 5.32 Å². The Labute approximate surface area is 138 Å². The molecule has 0 saturated heterocycles. The molecule has 5 nitrogen and oxygen atoms in total. The van der Waals surface area contributed by atoms with Crippen molar-refractivity contribution in [3.05, 3.63) is 65.5 Å². The van der Waals surface area contributed by atoms with Gasteiger partial charge in [-0.05, 0) is 29.3 Å². The Morgan fingerprint density at radius 3 is 2.54 bits per heavy atom. The fraction of sp³-hybridized carbons (Fsp3) is 0.167. The third kappa shape index (κ3) is 3.84. The lowest BCUT2D eigenvalue weighted by Crippen LogP contribution is -2.25. The van der Waals surface area contributed by atoms with Gasteiger partial charge in [0, 0.05) is 18.5 Å². The molecule has 2 aromatic carbocycles. The Morgan fingerprint density at radius 1 is 1.12 bits per heavy atom. The number of rotatable bonds is 4. The summed E-state index contributed by atoms with van der Waals surface area (Å²) in [6, 6.07) is 13.4. The van der Waals surface area contributed by atoms with Gasteiger partial charge in [-0.1, -0.05) is 30.3 Å². The smallest absolute Gasteiger partial charge is 0.240 e. The molecule has 0 unspecified atom stereocenters. The monoisotopic (exact) mass is 325 g/mol. The summed E-state index contributed by atoms with van der Waals surface area (Å²) in [5.41, 5.74) is 5.13. The van der Waals surface area contributed by atoms with Crippen LogP contribution in [0.5, 0.6) is 0 Å². The number of anilines is 1. The first-order valence-electron chi connectivity index (χ1n) is 7.61. The van der Waals surface area contributed by atoms with Gasteiger partial charge in [-0.15, -0.1) is 0 Å². The zero-order chi connectivity index (χ0) is 16.9. The number of hydrogen-bond donors (Lipinski definition) is 2. The number of hydrazone groups is 1. The molecule has 2 aromatic rings. The van der Waals surface area contributed by atoms with Crippen molar-refractivity contribution >= 4 is 23.2 Å². The van der Waals surface area contributed by atoms with Crippen LogP contribution < -0.4 is 10.7 Å². The molecule has 0 spiro atoms. The van der Waals surface area contributed by atoms with Crippen molar-refractivity contribution in [2.45, 2.75) is 19.3 Å². The van der Waals surface area contributed by atoms with Crippen LogP contribution in [0.4, 0.5) is 10.1 Å². The third-order valence-corrected chi connectivity index (χ3v) is 3.72. The number of halogens is 1. The lowest BCUT2D eigenvalue weighted by Gasteiger charge is -2.12. The van der Waals surface area contributed by atoms with E-state index in [1.807, 2.05) is 12.1 Å². The van der Waals surface area contributed by atoms with Crippen LogP contribution in [0.1, 0.15) is 24.0 Å². The molecule has 0 aliphatic carbocycles. The van der Waals surface area contributed by atoms with Crippen molar-refractivity contribution < 1.29 is 14.0 Å². The highest BCUT2D eigenvalue weighted by atomic mass is 19.1. The van der Waals surface area contributed by atoms with Crippen LogP contribution in [0, 0.1) is 5.82 Å². The van der Waals surface area contributed by atoms with Crippen LogP contribution in [-0.2, 0) is 16.0 Å². The maximum atomic E-state index is 13.6. The average Bonchev–Trinajstić information content (AvgIpc) is 2.58. The lowest BCUT2D eigenvalue weighted by atomic mass is 10.0. The summed E-state index contributed by atoms with van der Waals surface area (Å²) in [5.74, 6) is -0.758. The molecule has 2 amide bonds. The minimum atomic E-state index is -0.389. The SMILES string of the molecule is O=C1CCC(c2ccc(NC(=O)Cc3ccccc3F)cc2)=NN1. The van der Waals surface area contributed by atoms with Crippen LogP contribution in [0.3, 0.4) is 0 Å². The molecule has 0 aromatic heterocycles. The van der Waals surface area contributed by atoms with Gasteiger partial charge < -0.3 is 5.32 Å². The predicted octanol–water partition coefficient (Wildman–Crippen LogP) is 2.62. The zero-order valence-electron chi connectivity index (χ0n) is 12.9. The van der Waals surface area contributed by atoms with E-state index in [9.17, 15) is 14.0 Å². The number of amides is 2. The molecule has 6 heteroatoms. The molecule has 122 valence electrons. The van der Waals surface area contributed by atoms with Crippen LogP contribution in [0.15, 0.2) is 53.6 Å². The molecule has 1 aliphatic heterocycles. The van der Waals surface area contributed by atoms with E-state index in [0.717, 1.165) is 11.3 Å². The summed E-state index contributed by atoms with van der Waals surface area (Å²) >= 11 is 0. The number of carbonyl (C=O) groups excluding carboxylic acids is 2. The van der Waals surface area contributed by atoms with Gasteiger partial charge in [0.15, 0.2) is 0 Å². The van der Waals surface area contributed by atoms with E-state index >= 15 is 0 Å². The van der Waals surface area contributed by atoms with Gasteiger partial charge in [-0.25, -0.2) is 9.82 Å². The first-order chi connectivity index (χ1) is 11.6. The standard InChI is InChI=1S/C18H16FN3O2/c19-15-4-2-1-3-13(15)11-18(24)20-14-7-5-12(6-8-14)16-9-10-17(23)22-21-16/h1-8H,9-11H2,(H,20,24)(H,22,23). The summed E-state index contributed by atoms with van der Waals surface area (Å²) in [5, 5.41) is 6.76. The maximum absolute atomic E-state index is 13.6. The fourth-order valence-corrected chi connectivity index (χ4v) is 2.45. The van der Waals surface area contributed by atoms with Gasteiger partial charge in [0.25, 0.3) is 0 Å². The van der Waals surface area contributed by atoms with E-state index in [-0.39, 0.29) is 24.1 Å². The van der Waals surface area contributed by atoms with Gasteiger partial charge in [0.2, 0.25) is 11.8 Å². The molecule has 1 aliphatic rings. The van der Waals surface area contributed by atoms with Gasteiger partial charge >= 0.3 is 0 Å². The van der Waals surface area contributed by atoms with E-state index in [2.05, 4.69) is 15.8 Å². The van der Waals surface area contributed by atoms with E-state index in [1.165, 1.54) is 6.07 Å². The molecule has 0 atom stereocenters. The molecular formula is C18H16FN3O2. The van der Waals surface area contributed by atoms with Crippen molar-refractivity contribution in [1.29, 1.82) is 0 Å². The van der Waals surface area contributed by atoms with E-state index in [4.69, 9.17) is 0 Å². The Bertz CT molecular complexity index is 800. The molecule has 3 rings (SSSR count). The Morgan fingerprint density at radius 2 is 1.88 bits per heavy atom. The Balaban J connectivity index is 1.63. The summed E-state index contributed by atoms with van der Waals surface area (Å²) in [6.45, 7) is 0. The number of nitrogens with zero attached hydrogens (tertiary/aromatic N) is 1. The highest BCUT2D eigenvalue weighted by Gasteiger charge is 2.13. The van der Waals surface area contributed by atoms with Crippen molar-refractivity contribution in [2.24, 2.45) is 5.10 Å². The molecule has 1 heterocycles. The number of hydrogen-bond acceptors (Lipinski definition) is 3. The second-order valence-corrected chi connectivity index (χ2v) is 5.49. The Kier molecular flexibility index (Phi) is 4.65. The normalized spacial score (nSPS) is 13.9. The molecule has 0 bridgehead atoms. The summed E-state index contributed by atoms with van der Waals surface area (Å²) < 4.78 is 13.6. The van der Waals surface area contributed by atoms with E-state index in [0.29, 0.717) is 24.1 Å². The summed E-state index contributed by atoms with van der Waals surface area (Å²) in [7, 11) is 0. The first-order valence-corrected chi connectivity index (χ1v) is 7.61. The molecule has 24 heavy (non-hydrogen) atoms. The molecule has 0 radical (unpaired) electrons. The number of nitrogens with one attached hydrogen (secondary N) is 2. The second kappa shape index (κ2) is 7.04. The van der Waals surface area contributed by atoms with Crippen LogP contribution in [0.2, 0.25) is 0 Å². The molecular weight excluding hydrogens is 309 g/mol. The highest BCUT2D eigenvalue weighted by Crippen LogP contribution is 2.15. The summed E-state index contributed by atoms with van der Waals surface area (Å²) in [6.07, 6.45) is 0.984. The quantitative estimate of drug-likeness (QED) is 0.907. The topological polar surface area (TPSA) is 70.6 Å². The van der Waals surface area contributed by atoms with Crippen molar-refractivity contribution in [3.63, 3.8) is 0 Å². The Hall–Kier alpha value is -3.02. The van der Waals surface area contributed by atoms with Crippen LogP contribution in [0.25, 0.3) is 0 Å². The predicted molar refractivity (Wildman–Crippen MR) is 89.1 cm³/mol. The largest absolute Gasteiger partial charge is 0.326 e. The molecule has 0 saturated carbocycles. The van der Waals surface area contributed by atoms with Gasteiger partial charge in [0.05, 0.1) is 12.1 Å². The number of benzene rings is 2. The average molecular weight is 325 g/mol. The number of carbonyl (C=O) groups is 2. The minimum Gasteiger partial charge on any atom is -0.326 e. The molecule has 0 fully saturated rings. The van der Waals surface area contributed by atoms with Gasteiger partial charge in [-0.3, -0.25) is 9.59 Å². The minimum absolute atomic E-state index is 0.0207. The highest BCUT2D eigenvalue weighted by molar-refractivity contribution is 6.04. The third-order valence-electron chi connectivity index (χ3n) is 3.72. The molecule has 2 N–H and O–H groups in total. The van der Waals surface area contributed by atoms with Gasteiger partial charge in [0.1, 0.15) is 5.82 Å². The fourth-order valence-electron chi connectivity index (χ4n) is 2.45. The van der Waals surface area contributed by atoms with Crippen LogP contribution >= 0.6 is 0 Å². The van der Waals surface area contributed by atoms with Gasteiger partial charge in [-0.2, -0.15) is 5.10 Å². The van der Waals surface area contributed by atoms with Crippen molar-refractivity contribution in [3.8, 4) is 0 Å². The van der Waals surface area contributed by atoms with Crippen LogP contribution in [-0.4, -0.2) is 17.5 Å². The van der Waals surface area contributed by atoms with E-state index in [1.54, 1.807) is 30.3 Å². The summed E-state index contributed by atoms with van der Waals surface area (Å²) in [4.78, 5) is 23.1. The maximum Gasteiger partial charge on any atom is 0.240 e. The van der Waals surface area contributed by atoms with Crippen molar-refractivity contribution in [1.82, 2.24) is 5.43 Å².